The number of hydrogen-bond acceptors (Lipinski definition) is 4. The van der Waals surface area contributed by atoms with E-state index in [9.17, 15) is 19.8 Å². The Kier molecular flexibility index (Phi) is 4.06. The van der Waals surface area contributed by atoms with Crippen molar-refractivity contribution < 1.29 is 19.8 Å². The van der Waals surface area contributed by atoms with Gasteiger partial charge in [0.2, 0.25) is 0 Å². The van der Waals surface area contributed by atoms with Crippen LogP contribution in [0.3, 0.4) is 0 Å². The van der Waals surface area contributed by atoms with Crippen LogP contribution in [0.1, 0.15) is 12.8 Å². The highest BCUT2D eigenvalue weighted by molar-refractivity contribution is 6.16. The molecular formula is C14H18N2O4. The van der Waals surface area contributed by atoms with Crippen molar-refractivity contribution >= 4 is 17.6 Å². The van der Waals surface area contributed by atoms with E-state index in [2.05, 4.69) is 0 Å². The molecule has 0 saturated carbocycles. The molecule has 2 N–H and O–H groups in total. The normalized spacial score (nSPS) is 17.9. The average molecular weight is 278 g/mol. The molecule has 1 aromatic carbocycles. The molecule has 6 heteroatoms. The van der Waals surface area contributed by atoms with Gasteiger partial charge in [-0.1, -0.05) is 18.2 Å². The van der Waals surface area contributed by atoms with Crippen molar-refractivity contribution in [2.45, 2.75) is 18.4 Å². The summed E-state index contributed by atoms with van der Waals surface area (Å²) in [4.78, 5) is 27.2. The monoisotopic (exact) mass is 278 g/mol. The largest absolute Gasteiger partial charge is 0.396 e. The SMILES string of the molecule is CN1C(=O)N(c2ccccc2)C(CCO)(CCO)C1=O. The summed E-state index contributed by atoms with van der Waals surface area (Å²) < 4.78 is 0. The lowest BCUT2D eigenvalue weighted by Gasteiger charge is -2.34. The van der Waals surface area contributed by atoms with Crippen LogP contribution in [0.2, 0.25) is 0 Å². The van der Waals surface area contributed by atoms with Gasteiger partial charge in [-0.3, -0.25) is 14.6 Å². The summed E-state index contributed by atoms with van der Waals surface area (Å²) in [5.41, 5.74) is -0.631. The summed E-state index contributed by atoms with van der Waals surface area (Å²) in [5, 5.41) is 18.6. The van der Waals surface area contributed by atoms with Gasteiger partial charge in [0.25, 0.3) is 5.91 Å². The number of urea groups is 1. The molecule has 1 aliphatic heterocycles. The minimum Gasteiger partial charge on any atom is -0.396 e. The predicted octanol–water partition coefficient (Wildman–Crippen LogP) is 0.589. The Balaban J connectivity index is 2.54. The van der Waals surface area contributed by atoms with Crippen LogP contribution in [0.4, 0.5) is 10.5 Å². The highest BCUT2D eigenvalue weighted by Crippen LogP contribution is 2.37. The number of aliphatic hydroxyl groups excluding tert-OH is 2. The van der Waals surface area contributed by atoms with Crippen LogP contribution >= 0.6 is 0 Å². The van der Waals surface area contributed by atoms with E-state index in [4.69, 9.17) is 0 Å². The maximum atomic E-state index is 12.4. The molecule has 20 heavy (non-hydrogen) atoms. The topological polar surface area (TPSA) is 81.1 Å². The molecule has 0 aromatic heterocycles. The Hall–Kier alpha value is -1.92. The summed E-state index contributed by atoms with van der Waals surface area (Å²) in [5.74, 6) is -0.394. The van der Waals surface area contributed by atoms with Crippen LogP contribution in [-0.4, -0.2) is 52.9 Å². The van der Waals surface area contributed by atoms with Crippen molar-refractivity contribution in [3.05, 3.63) is 30.3 Å². The van der Waals surface area contributed by atoms with Gasteiger partial charge in [-0.2, -0.15) is 0 Å². The first-order valence-corrected chi connectivity index (χ1v) is 6.47. The lowest BCUT2D eigenvalue weighted by Crippen LogP contribution is -2.51. The van der Waals surface area contributed by atoms with Gasteiger partial charge in [-0.05, 0) is 12.1 Å². The molecule has 0 atom stereocenters. The molecule has 0 radical (unpaired) electrons. The zero-order valence-corrected chi connectivity index (χ0v) is 11.3. The van der Waals surface area contributed by atoms with E-state index in [1.165, 1.54) is 11.9 Å². The van der Waals surface area contributed by atoms with Crippen LogP contribution in [0.15, 0.2) is 30.3 Å². The van der Waals surface area contributed by atoms with E-state index in [0.717, 1.165) is 4.90 Å². The third-order valence-electron chi connectivity index (χ3n) is 3.67. The molecule has 0 bridgehead atoms. The number of hydrogen-bond donors (Lipinski definition) is 2. The molecule has 1 saturated heterocycles. The minimum atomic E-state index is -1.21. The molecule has 1 heterocycles. The molecule has 0 spiro atoms. The predicted molar refractivity (Wildman–Crippen MR) is 73.2 cm³/mol. The maximum Gasteiger partial charge on any atom is 0.331 e. The van der Waals surface area contributed by atoms with Crippen molar-refractivity contribution in [3.8, 4) is 0 Å². The highest BCUT2D eigenvalue weighted by Gasteiger charge is 2.55. The molecule has 108 valence electrons. The molecule has 3 amide bonds. The van der Waals surface area contributed by atoms with Gasteiger partial charge in [0.05, 0.1) is 0 Å². The quantitative estimate of drug-likeness (QED) is 0.772. The van der Waals surface area contributed by atoms with E-state index in [-0.39, 0.29) is 26.1 Å². The standard InChI is InChI=1S/C14H18N2O4/c1-15-12(19)14(7-9-17,8-10-18)16(13(15)20)11-5-3-2-4-6-11/h2-6,17-18H,7-10H2,1H3. The molecule has 0 unspecified atom stereocenters. The number of nitrogens with zero attached hydrogens (tertiary/aromatic N) is 2. The van der Waals surface area contributed by atoms with E-state index < -0.39 is 17.5 Å². The van der Waals surface area contributed by atoms with Crippen molar-refractivity contribution in [1.82, 2.24) is 4.90 Å². The highest BCUT2D eigenvalue weighted by atomic mass is 16.3. The Bertz CT molecular complexity index is 497. The molecule has 2 rings (SSSR count). The number of carbonyl (C=O) groups excluding carboxylic acids is 2. The van der Waals surface area contributed by atoms with Crippen molar-refractivity contribution in [3.63, 3.8) is 0 Å². The maximum absolute atomic E-state index is 12.4. The number of carbonyl (C=O) groups is 2. The summed E-state index contributed by atoms with van der Waals surface area (Å²) in [6, 6.07) is 8.38. The fourth-order valence-electron chi connectivity index (χ4n) is 2.69. The van der Waals surface area contributed by atoms with E-state index in [1.54, 1.807) is 24.3 Å². The Morgan fingerprint density at radius 1 is 1.05 bits per heavy atom. The second-order valence-electron chi connectivity index (χ2n) is 4.80. The number of amides is 3. The summed E-state index contributed by atoms with van der Waals surface area (Å²) in [7, 11) is 1.41. The van der Waals surface area contributed by atoms with Crippen molar-refractivity contribution in [2.75, 3.05) is 25.2 Å². The minimum absolute atomic E-state index is 0.0946. The molecule has 1 aliphatic rings. The lowest BCUT2D eigenvalue weighted by atomic mass is 9.89. The number of rotatable bonds is 5. The van der Waals surface area contributed by atoms with Crippen molar-refractivity contribution in [2.24, 2.45) is 0 Å². The third-order valence-corrected chi connectivity index (χ3v) is 3.67. The van der Waals surface area contributed by atoms with Gasteiger partial charge in [0.15, 0.2) is 0 Å². The molecule has 1 aromatic rings. The van der Waals surface area contributed by atoms with Gasteiger partial charge < -0.3 is 10.2 Å². The fraction of sp³-hybridized carbons (Fsp3) is 0.429. The molecule has 0 aliphatic carbocycles. The zero-order chi connectivity index (χ0) is 14.8. The van der Waals surface area contributed by atoms with E-state index >= 15 is 0 Å². The van der Waals surface area contributed by atoms with Crippen LogP contribution in [0.5, 0.6) is 0 Å². The van der Waals surface area contributed by atoms with Gasteiger partial charge in [0.1, 0.15) is 5.54 Å². The first kappa shape index (κ1) is 14.5. The first-order chi connectivity index (χ1) is 9.58. The molecular weight excluding hydrogens is 260 g/mol. The number of aliphatic hydroxyl groups is 2. The van der Waals surface area contributed by atoms with Crippen LogP contribution in [0, 0.1) is 0 Å². The van der Waals surface area contributed by atoms with Crippen molar-refractivity contribution in [1.29, 1.82) is 0 Å². The lowest BCUT2D eigenvalue weighted by molar-refractivity contribution is -0.131. The Morgan fingerprint density at radius 3 is 2.10 bits per heavy atom. The second kappa shape index (κ2) is 5.60. The average Bonchev–Trinajstić information content (AvgIpc) is 2.63. The van der Waals surface area contributed by atoms with Gasteiger partial charge >= 0.3 is 6.03 Å². The van der Waals surface area contributed by atoms with Gasteiger partial charge in [-0.25, -0.2) is 4.79 Å². The van der Waals surface area contributed by atoms with Crippen LogP contribution in [-0.2, 0) is 4.79 Å². The second-order valence-corrected chi connectivity index (χ2v) is 4.80. The molecule has 6 nitrogen and oxygen atoms in total. The number of anilines is 1. The van der Waals surface area contributed by atoms with E-state index in [0.29, 0.717) is 5.69 Å². The smallest absolute Gasteiger partial charge is 0.331 e. The molecule has 1 fully saturated rings. The third kappa shape index (κ3) is 2.07. The van der Waals surface area contributed by atoms with Crippen LogP contribution < -0.4 is 4.90 Å². The van der Waals surface area contributed by atoms with Crippen LogP contribution in [0.25, 0.3) is 0 Å². The Morgan fingerprint density at radius 2 is 1.60 bits per heavy atom. The summed E-state index contributed by atoms with van der Waals surface area (Å²) >= 11 is 0. The fourth-order valence-corrected chi connectivity index (χ4v) is 2.69. The zero-order valence-electron chi connectivity index (χ0n) is 11.3. The van der Waals surface area contributed by atoms with Gasteiger partial charge in [0, 0.05) is 38.8 Å². The number of imide groups is 1. The number of benzene rings is 1. The number of likely N-dealkylation sites (N-methyl/N-ethyl adjacent to an activating group) is 1. The van der Waals surface area contributed by atoms with E-state index in [1.807, 2.05) is 6.07 Å². The number of para-hydroxylation sites is 1. The Labute approximate surface area is 117 Å². The first-order valence-electron chi connectivity index (χ1n) is 6.47. The van der Waals surface area contributed by atoms with Gasteiger partial charge in [-0.15, -0.1) is 0 Å². The summed E-state index contributed by atoms with van der Waals surface area (Å²) in [6.45, 7) is -0.480. The summed E-state index contributed by atoms with van der Waals surface area (Å²) in [6.07, 6.45) is 0.189.